The standard InChI is InChI=1S/C16H27NO/c1-17-9-16(18,14-2-3-14)15-12-5-10-4-11(7-12)8-13(15)6-10/h10-15,17-18H,2-9H2,1H3. The van der Waals surface area contributed by atoms with Crippen molar-refractivity contribution in [2.75, 3.05) is 13.6 Å². The van der Waals surface area contributed by atoms with Gasteiger partial charge in [-0.15, -0.1) is 0 Å². The maximum absolute atomic E-state index is 11.3. The van der Waals surface area contributed by atoms with E-state index < -0.39 is 0 Å². The highest BCUT2D eigenvalue weighted by atomic mass is 16.3. The summed E-state index contributed by atoms with van der Waals surface area (Å²) >= 11 is 0. The quantitative estimate of drug-likeness (QED) is 0.802. The minimum Gasteiger partial charge on any atom is -0.388 e. The van der Waals surface area contributed by atoms with E-state index in [1.54, 1.807) is 0 Å². The Labute approximate surface area is 111 Å². The second-order valence-corrected chi connectivity index (χ2v) is 7.75. The van der Waals surface area contributed by atoms with Crippen molar-refractivity contribution in [3.63, 3.8) is 0 Å². The topological polar surface area (TPSA) is 32.3 Å². The number of aliphatic hydroxyl groups is 1. The molecule has 0 aromatic carbocycles. The van der Waals surface area contributed by atoms with Crippen LogP contribution in [0.15, 0.2) is 0 Å². The number of likely N-dealkylation sites (N-methyl/N-ethyl adjacent to an activating group) is 1. The number of hydrogen-bond acceptors (Lipinski definition) is 2. The van der Waals surface area contributed by atoms with Gasteiger partial charge in [0, 0.05) is 6.54 Å². The second-order valence-electron chi connectivity index (χ2n) is 7.75. The first-order valence-electron chi connectivity index (χ1n) is 8.07. The molecule has 0 heterocycles. The summed E-state index contributed by atoms with van der Waals surface area (Å²) in [7, 11) is 2.00. The van der Waals surface area contributed by atoms with Crippen molar-refractivity contribution in [3.05, 3.63) is 0 Å². The van der Waals surface area contributed by atoms with Crippen LogP contribution in [0.3, 0.4) is 0 Å². The summed E-state index contributed by atoms with van der Waals surface area (Å²) in [5.41, 5.74) is -0.378. The third-order valence-corrected chi connectivity index (χ3v) is 6.55. The van der Waals surface area contributed by atoms with Gasteiger partial charge in [-0.2, -0.15) is 0 Å². The fourth-order valence-corrected chi connectivity index (χ4v) is 6.14. The largest absolute Gasteiger partial charge is 0.388 e. The highest BCUT2D eigenvalue weighted by molar-refractivity contribution is 5.09. The first kappa shape index (κ1) is 11.7. The van der Waals surface area contributed by atoms with Gasteiger partial charge in [0.25, 0.3) is 0 Å². The van der Waals surface area contributed by atoms with Crippen molar-refractivity contribution < 1.29 is 5.11 Å². The molecule has 18 heavy (non-hydrogen) atoms. The summed E-state index contributed by atoms with van der Waals surface area (Å²) in [5.74, 6) is 4.95. The summed E-state index contributed by atoms with van der Waals surface area (Å²) in [5, 5.41) is 14.6. The van der Waals surface area contributed by atoms with Crippen LogP contribution >= 0.6 is 0 Å². The molecule has 2 N–H and O–H groups in total. The average Bonchev–Trinajstić information content (AvgIpc) is 3.11. The van der Waals surface area contributed by atoms with Gasteiger partial charge in [0.2, 0.25) is 0 Å². The monoisotopic (exact) mass is 249 g/mol. The molecule has 2 nitrogen and oxygen atoms in total. The van der Waals surface area contributed by atoms with Crippen LogP contribution in [0.2, 0.25) is 0 Å². The van der Waals surface area contributed by atoms with Crippen LogP contribution in [0.5, 0.6) is 0 Å². The van der Waals surface area contributed by atoms with Crippen LogP contribution < -0.4 is 5.32 Å². The first-order valence-corrected chi connectivity index (χ1v) is 8.07. The molecule has 5 rings (SSSR count). The Hall–Kier alpha value is -0.0800. The lowest BCUT2D eigenvalue weighted by Gasteiger charge is -2.59. The summed E-state index contributed by atoms with van der Waals surface area (Å²) in [6.07, 6.45) is 9.75. The zero-order chi connectivity index (χ0) is 12.3. The van der Waals surface area contributed by atoms with E-state index in [0.717, 1.165) is 30.2 Å². The molecule has 4 bridgehead atoms. The number of hydrogen-bond donors (Lipinski definition) is 2. The van der Waals surface area contributed by atoms with Gasteiger partial charge >= 0.3 is 0 Å². The average molecular weight is 249 g/mol. The van der Waals surface area contributed by atoms with Crippen molar-refractivity contribution in [2.24, 2.45) is 35.5 Å². The van der Waals surface area contributed by atoms with E-state index in [-0.39, 0.29) is 5.60 Å². The van der Waals surface area contributed by atoms with Crippen molar-refractivity contribution in [2.45, 2.75) is 50.5 Å². The minimum atomic E-state index is -0.378. The van der Waals surface area contributed by atoms with Gasteiger partial charge in [0.15, 0.2) is 0 Å². The van der Waals surface area contributed by atoms with E-state index in [1.807, 2.05) is 7.05 Å². The van der Waals surface area contributed by atoms with Crippen molar-refractivity contribution in [1.29, 1.82) is 0 Å². The van der Waals surface area contributed by atoms with Crippen LogP contribution in [0.25, 0.3) is 0 Å². The second kappa shape index (κ2) is 3.96. The summed E-state index contributed by atoms with van der Waals surface area (Å²) < 4.78 is 0. The van der Waals surface area contributed by atoms with Crippen LogP contribution in [0.4, 0.5) is 0 Å². The first-order chi connectivity index (χ1) is 8.70. The summed E-state index contributed by atoms with van der Waals surface area (Å²) in [4.78, 5) is 0. The molecular formula is C16H27NO. The van der Waals surface area contributed by atoms with Gasteiger partial charge in [-0.1, -0.05) is 0 Å². The highest BCUT2D eigenvalue weighted by Gasteiger charge is 2.59. The third-order valence-electron chi connectivity index (χ3n) is 6.55. The van der Waals surface area contributed by atoms with E-state index in [4.69, 9.17) is 0 Å². The fraction of sp³-hybridized carbons (Fsp3) is 1.00. The molecule has 5 saturated carbocycles. The molecular weight excluding hydrogens is 222 g/mol. The molecule has 1 atom stereocenters. The van der Waals surface area contributed by atoms with E-state index >= 15 is 0 Å². The Bertz CT molecular complexity index is 310. The predicted octanol–water partition coefficient (Wildman–Crippen LogP) is 2.42. The van der Waals surface area contributed by atoms with E-state index in [0.29, 0.717) is 11.8 Å². The van der Waals surface area contributed by atoms with Crippen LogP contribution in [0, 0.1) is 35.5 Å². The molecule has 0 radical (unpaired) electrons. The molecule has 0 aliphatic heterocycles. The zero-order valence-electron chi connectivity index (χ0n) is 11.6. The molecule has 0 amide bonds. The Morgan fingerprint density at radius 2 is 1.56 bits per heavy atom. The summed E-state index contributed by atoms with van der Waals surface area (Å²) in [6.45, 7) is 0.824. The van der Waals surface area contributed by atoms with Crippen LogP contribution in [-0.4, -0.2) is 24.3 Å². The third kappa shape index (κ3) is 1.61. The van der Waals surface area contributed by atoms with Gasteiger partial charge in [0.1, 0.15) is 0 Å². The molecule has 2 heteroatoms. The lowest BCUT2D eigenvalue weighted by Crippen LogP contribution is -2.59. The molecule has 0 spiro atoms. The van der Waals surface area contributed by atoms with Crippen molar-refractivity contribution in [1.82, 2.24) is 5.32 Å². The predicted molar refractivity (Wildman–Crippen MR) is 72.1 cm³/mol. The molecule has 0 aromatic rings. The molecule has 0 aromatic heterocycles. The lowest BCUT2D eigenvalue weighted by atomic mass is 9.48. The number of rotatable bonds is 4. The Balaban J connectivity index is 1.62. The molecule has 102 valence electrons. The number of nitrogens with one attached hydrogen (secondary N) is 1. The van der Waals surface area contributed by atoms with Gasteiger partial charge < -0.3 is 10.4 Å². The van der Waals surface area contributed by atoms with Crippen molar-refractivity contribution in [3.8, 4) is 0 Å². The molecule has 5 fully saturated rings. The Morgan fingerprint density at radius 3 is 2.00 bits per heavy atom. The highest BCUT2D eigenvalue weighted by Crippen LogP contribution is 2.61. The fourth-order valence-electron chi connectivity index (χ4n) is 6.14. The summed E-state index contributed by atoms with van der Waals surface area (Å²) in [6, 6.07) is 0. The van der Waals surface area contributed by atoms with Gasteiger partial charge in [-0.3, -0.25) is 0 Å². The van der Waals surface area contributed by atoms with E-state index in [1.165, 1.54) is 44.9 Å². The van der Waals surface area contributed by atoms with E-state index in [2.05, 4.69) is 5.32 Å². The Morgan fingerprint density at radius 1 is 1.00 bits per heavy atom. The van der Waals surface area contributed by atoms with Crippen molar-refractivity contribution >= 4 is 0 Å². The molecule has 0 saturated heterocycles. The zero-order valence-corrected chi connectivity index (χ0v) is 11.6. The maximum atomic E-state index is 11.3. The molecule has 5 aliphatic carbocycles. The van der Waals surface area contributed by atoms with Crippen LogP contribution in [-0.2, 0) is 0 Å². The smallest absolute Gasteiger partial charge is 0.0832 e. The van der Waals surface area contributed by atoms with Gasteiger partial charge in [-0.25, -0.2) is 0 Å². The minimum absolute atomic E-state index is 0.378. The SMILES string of the molecule is CNCC(O)(C1CC1)C1C2CC3CC(C2)CC1C3. The molecule has 1 unspecified atom stereocenters. The van der Waals surface area contributed by atoms with Gasteiger partial charge in [-0.05, 0) is 87.5 Å². The normalized spacial score (nSPS) is 49.3. The van der Waals surface area contributed by atoms with Gasteiger partial charge in [0.05, 0.1) is 5.60 Å². The Kier molecular flexibility index (Phi) is 2.58. The van der Waals surface area contributed by atoms with Crippen LogP contribution in [0.1, 0.15) is 44.9 Å². The van der Waals surface area contributed by atoms with E-state index in [9.17, 15) is 5.11 Å². The lowest BCUT2D eigenvalue weighted by molar-refractivity contribution is -0.150. The maximum Gasteiger partial charge on any atom is 0.0832 e. The molecule has 5 aliphatic rings.